The zero-order valence-corrected chi connectivity index (χ0v) is 12.8. The van der Waals surface area contributed by atoms with Crippen LogP contribution in [0.4, 0.5) is 0 Å². The average molecular weight is 411 g/mol. The number of hydrogen-bond acceptors (Lipinski definition) is 0. The van der Waals surface area contributed by atoms with Crippen LogP contribution in [0.1, 0.15) is 26.2 Å². The van der Waals surface area contributed by atoms with Gasteiger partial charge in [0.25, 0.3) is 0 Å². The van der Waals surface area contributed by atoms with Crippen LogP contribution in [0.5, 0.6) is 0 Å². The molecular weight excluding hydrogens is 398 g/mol. The first-order chi connectivity index (χ1) is 4.34. The van der Waals surface area contributed by atoms with Crippen molar-refractivity contribution in [3.63, 3.8) is 0 Å². The minimum absolute atomic E-state index is 0. The molecule has 0 nitrogen and oxygen atoms in total. The summed E-state index contributed by atoms with van der Waals surface area (Å²) in [6.07, 6.45) is 8.24. The third-order valence-corrected chi connectivity index (χ3v) is 2.37. The van der Waals surface area contributed by atoms with Crippen LogP contribution in [0.3, 0.4) is 0 Å². The van der Waals surface area contributed by atoms with Crippen molar-refractivity contribution in [2.75, 3.05) is 0 Å². The minimum Gasteiger partial charge on any atom is -0.107 e. The molecule has 0 aromatic rings. The smallest absolute Gasteiger partial charge is 0.107 e. The van der Waals surface area contributed by atoms with Crippen molar-refractivity contribution in [3.05, 3.63) is 21.6 Å². The Morgan fingerprint density at radius 3 is 2.45 bits per heavy atom. The van der Waals surface area contributed by atoms with E-state index in [0.717, 1.165) is 0 Å². The van der Waals surface area contributed by atoms with E-state index < -0.39 is 0 Å². The van der Waals surface area contributed by atoms with Gasteiger partial charge in [-0.3, -0.25) is 0 Å². The molecule has 63 valence electrons. The molecule has 0 aromatic carbocycles. The van der Waals surface area contributed by atoms with E-state index in [-0.39, 0.29) is 48.0 Å². The molecule has 1 aliphatic rings. The summed E-state index contributed by atoms with van der Waals surface area (Å²) in [4.78, 5) is 0. The molecule has 0 amide bonds. The third kappa shape index (κ3) is 5.06. The Kier molecular flexibility index (Phi) is 11.4. The Hall–Kier alpha value is 1.65. The van der Waals surface area contributed by atoms with Gasteiger partial charge in [-0.1, -0.05) is 0 Å². The molecule has 1 rings (SSSR count). The fourth-order valence-corrected chi connectivity index (χ4v) is 1.56. The van der Waals surface area contributed by atoms with E-state index in [1.165, 1.54) is 19.3 Å². The normalized spacial score (nSPS) is 14.2. The first-order valence-electron chi connectivity index (χ1n) is 3.44. The van der Waals surface area contributed by atoms with Crippen LogP contribution >= 0.6 is 48.0 Å². The van der Waals surface area contributed by atoms with Crippen molar-refractivity contribution < 1.29 is 20.4 Å². The molecule has 0 fully saturated rings. The van der Waals surface area contributed by atoms with Gasteiger partial charge in [0.1, 0.15) is 0 Å². The Labute approximate surface area is 115 Å². The van der Waals surface area contributed by atoms with Crippen molar-refractivity contribution in [2.24, 2.45) is 0 Å². The van der Waals surface area contributed by atoms with Gasteiger partial charge in [-0.05, 0) is 0 Å². The molecule has 3 heteroatoms. The molecule has 0 radical (unpaired) electrons. The SMILES string of the molecule is CCCC1=[C]([Ti])CC=C1.I.I. The van der Waals surface area contributed by atoms with Gasteiger partial charge in [-0.25, -0.2) is 0 Å². The van der Waals surface area contributed by atoms with Gasteiger partial charge < -0.3 is 0 Å². The van der Waals surface area contributed by atoms with E-state index in [1.54, 1.807) is 9.45 Å². The van der Waals surface area contributed by atoms with E-state index in [9.17, 15) is 0 Å². The fraction of sp³-hybridized carbons (Fsp3) is 0.500. The summed E-state index contributed by atoms with van der Waals surface area (Å²) < 4.78 is 1.57. The van der Waals surface area contributed by atoms with Crippen LogP contribution < -0.4 is 0 Å². The van der Waals surface area contributed by atoms with Gasteiger partial charge in [0.2, 0.25) is 0 Å². The molecule has 0 unspecified atom stereocenters. The first-order valence-corrected chi connectivity index (χ1v) is 4.23. The summed E-state index contributed by atoms with van der Waals surface area (Å²) in [6.45, 7) is 2.23. The van der Waals surface area contributed by atoms with E-state index in [2.05, 4.69) is 39.5 Å². The quantitative estimate of drug-likeness (QED) is 0.480. The number of halogens is 2. The van der Waals surface area contributed by atoms with Gasteiger partial charge in [0, 0.05) is 0 Å². The largest absolute Gasteiger partial charge is 0.107 e. The molecule has 0 N–H and O–H groups in total. The molecule has 0 atom stereocenters. The number of rotatable bonds is 2. The summed E-state index contributed by atoms with van der Waals surface area (Å²) >= 11 is 2.23. The molecule has 0 bridgehead atoms. The number of hydrogen-bond donors (Lipinski definition) is 0. The zero-order chi connectivity index (χ0) is 6.69. The second kappa shape index (κ2) is 8.26. The molecule has 0 aliphatic heterocycles. The van der Waals surface area contributed by atoms with Crippen molar-refractivity contribution in [1.82, 2.24) is 0 Å². The molecule has 1 aliphatic carbocycles. The van der Waals surface area contributed by atoms with E-state index >= 15 is 0 Å². The summed E-state index contributed by atoms with van der Waals surface area (Å²) in [5.41, 5.74) is 1.57. The Morgan fingerprint density at radius 1 is 1.45 bits per heavy atom. The summed E-state index contributed by atoms with van der Waals surface area (Å²) in [6, 6.07) is 0. The van der Waals surface area contributed by atoms with Crippen LogP contribution in [0.25, 0.3) is 0 Å². The molecular formula is C8H13I2Ti. The summed E-state index contributed by atoms with van der Waals surface area (Å²) in [5.74, 6) is 0. The van der Waals surface area contributed by atoms with Gasteiger partial charge in [-0.2, -0.15) is 0 Å². The third-order valence-electron chi connectivity index (χ3n) is 1.55. The molecule has 0 aromatic heterocycles. The van der Waals surface area contributed by atoms with Crippen molar-refractivity contribution in [2.45, 2.75) is 26.2 Å². The fourth-order valence-electron chi connectivity index (χ4n) is 1.05. The van der Waals surface area contributed by atoms with Gasteiger partial charge >= 0.3 is 68.2 Å². The van der Waals surface area contributed by atoms with E-state index in [1.807, 2.05) is 0 Å². The molecule has 0 heterocycles. The maximum Gasteiger partial charge on any atom is -0.107 e. The standard InChI is InChI=1S/C8H11.2HI.Ti/c1-2-5-8-6-3-4-7-8;;;/h3,6H,2,4-5H2,1H3;2*1H;. The molecule has 0 saturated carbocycles. The first kappa shape index (κ1) is 15.1. The number of allylic oxidation sites excluding steroid dienone is 4. The maximum absolute atomic E-state index is 2.26. The van der Waals surface area contributed by atoms with Crippen LogP contribution in [0.15, 0.2) is 21.6 Å². The molecule has 0 spiro atoms. The monoisotopic (exact) mass is 411 g/mol. The predicted octanol–water partition coefficient (Wildman–Crippen LogP) is 3.78. The van der Waals surface area contributed by atoms with Gasteiger partial charge in [0.05, 0.1) is 0 Å². The maximum atomic E-state index is 2.26. The Morgan fingerprint density at radius 2 is 2.09 bits per heavy atom. The van der Waals surface area contributed by atoms with Gasteiger partial charge in [-0.15, -0.1) is 48.0 Å². The second-order valence-electron chi connectivity index (χ2n) is 2.36. The van der Waals surface area contributed by atoms with Crippen LogP contribution in [-0.2, 0) is 20.4 Å². The minimum atomic E-state index is 0. The van der Waals surface area contributed by atoms with Crippen LogP contribution in [-0.4, -0.2) is 0 Å². The Balaban J connectivity index is 0. The second-order valence-corrected chi connectivity index (χ2v) is 3.30. The summed E-state index contributed by atoms with van der Waals surface area (Å²) in [7, 11) is 0. The van der Waals surface area contributed by atoms with E-state index in [0.29, 0.717) is 0 Å². The zero-order valence-electron chi connectivity index (χ0n) is 6.59. The van der Waals surface area contributed by atoms with Crippen molar-refractivity contribution >= 4 is 48.0 Å². The predicted molar refractivity (Wildman–Crippen MR) is 66.5 cm³/mol. The molecule has 11 heavy (non-hydrogen) atoms. The summed E-state index contributed by atoms with van der Waals surface area (Å²) in [5, 5.41) is 0. The van der Waals surface area contributed by atoms with E-state index in [4.69, 9.17) is 0 Å². The Bertz CT molecular complexity index is 161. The van der Waals surface area contributed by atoms with Crippen molar-refractivity contribution in [3.8, 4) is 0 Å². The van der Waals surface area contributed by atoms with Crippen LogP contribution in [0.2, 0.25) is 0 Å². The molecule has 0 saturated heterocycles. The average Bonchev–Trinajstić information content (AvgIpc) is 2.18. The van der Waals surface area contributed by atoms with Gasteiger partial charge in [0.15, 0.2) is 0 Å². The topological polar surface area (TPSA) is 0 Å². The van der Waals surface area contributed by atoms with Crippen molar-refractivity contribution in [1.29, 1.82) is 0 Å². The van der Waals surface area contributed by atoms with Crippen LogP contribution in [0, 0.1) is 0 Å².